The number of aromatic nitrogens is 3. The maximum atomic E-state index is 13.9. The molecule has 3 aromatic carbocycles. The second-order valence-electron chi connectivity index (χ2n) is 9.10. The summed E-state index contributed by atoms with van der Waals surface area (Å²) in [6.07, 6.45) is 5.88. The third kappa shape index (κ3) is 5.35. The predicted molar refractivity (Wildman–Crippen MR) is 148 cm³/mol. The van der Waals surface area contributed by atoms with Gasteiger partial charge in [-0.2, -0.15) is 0 Å². The van der Waals surface area contributed by atoms with Gasteiger partial charge in [-0.05, 0) is 62.2 Å². The molecule has 0 aliphatic heterocycles. The number of halogens is 1. The summed E-state index contributed by atoms with van der Waals surface area (Å²) >= 11 is 7.80. The van der Waals surface area contributed by atoms with Crippen molar-refractivity contribution in [3.63, 3.8) is 0 Å². The number of carbonyl (C=O) groups excluding carboxylic acids is 1. The first-order valence-electron chi connectivity index (χ1n) is 12.4. The number of hydrogen-bond donors (Lipinski definition) is 0. The molecule has 184 valence electrons. The van der Waals surface area contributed by atoms with E-state index in [2.05, 4.69) is 14.8 Å². The van der Waals surface area contributed by atoms with E-state index >= 15 is 0 Å². The lowest BCUT2D eigenvalue weighted by Crippen LogP contribution is -2.33. The van der Waals surface area contributed by atoms with E-state index in [1.165, 1.54) is 31.0 Å². The molecule has 1 heterocycles. The molecule has 5 rings (SSSR count). The second kappa shape index (κ2) is 11.3. The van der Waals surface area contributed by atoms with E-state index in [-0.39, 0.29) is 5.91 Å². The summed E-state index contributed by atoms with van der Waals surface area (Å²) in [6.45, 7) is 1.93. The molecule has 5 nitrogen and oxygen atoms in total. The Labute approximate surface area is 221 Å². The predicted octanol–water partition coefficient (Wildman–Crippen LogP) is 7.81. The zero-order chi connectivity index (χ0) is 24.9. The molecule has 36 heavy (non-hydrogen) atoms. The molecule has 1 atom stereocenters. The lowest BCUT2D eigenvalue weighted by atomic mass is 9.88. The van der Waals surface area contributed by atoms with Crippen molar-refractivity contribution < 1.29 is 4.79 Å². The number of anilines is 2. The van der Waals surface area contributed by atoms with Gasteiger partial charge in [0.05, 0.1) is 10.9 Å². The SMILES string of the molecule is CC(Sc1nnc(C2CCCCC2)n1-c1cccc(Cl)c1)C(=O)N(c1ccccc1)c1ccccc1. The quantitative estimate of drug-likeness (QED) is 0.235. The van der Waals surface area contributed by atoms with Gasteiger partial charge in [-0.25, -0.2) is 0 Å². The summed E-state index contributed by atoms with van der Waals surface area (Å²) in [6, 6.07) is 27.3. The molecule has 1 amide bonds. The summed E-state index contributed by atoms with van der Waals surface area (Å²) < 4.78 is 2.10. The average Bonchev–Trinajstić information content (AvgIpc) is 3.34. The number of benzene rings is 3. The van der Waals surface area contributed by atoms with Crippen molar-refractivity contribution in [1.82, 2.24) is 14.8 Å². The van der Waals surface area contributed by atoms with Gasteiger partial charge in [-0.15, -0.1) is 10.2 Å². The van der Waals surface area contributed by atoms with Gasteiger partial charge in [0.25, 0.3) is 0 Å². The third-order valence-corrected chi connectivity index (χ3v) is 7.84. The van der Waals surface area contributed by atoms with E-state index < -0.39 is 5.25 Å². The number of para-hydroxylation sites is 2. The Morgan fingerprint density at radius 3 is 2.17 bits per heavy atom. The summed E-state index contributed by atoms with van der Waals surface area (Å²) in [4.78, 5) is 15.7. The minimum absolute atomic E-state index is 0.0164. The third-order valence-electron chi connectivity index (χ3n) is 6.57. The normalized spacial score (nSPS) is 14.9. The molecule has 7 heteroatoms. The van der Waals surface area contributed by atoms with Crippen molar-refractivity contribution in [2.24, 2.45) is 0 Å². The number of rotatable bonds is 7. The molecule has 0 spiro atoms. The van der Waals surface area contributed by atoms with Crippen molar-refractivity contribution in [2.75, 3.05) is 4.90 Å². The summed E-state index contributed by atoms with van der Waals surface area (Å²) in [5.74, 6) is 1.30. The van der Waals surface area contributed by atoms with Crippen LogP contribution in [0.4, 0.5) is 11.4 Å². The fourth-order valence-electron chi connectivity index (χ4n) is 4.79. The van der Waals surface area contributed by atoms with Crippen molar-refractivity contribution in [2.45, 2.75) is 55.4 Å². The highest BCUT2D eigenvalue weighted by Gasteiger charge is 2.29. The summed E-state index contributed by atoms with van der Waals surface area (Å²) in [7, 11) is 0. The van der Waals surface area contributed by atoms with Gasteiger partial charge in [0.2, 0.25) is 5.91 Å². The van der Waals surface area contributed by atoms with Gasteiger partial charge in [0.15, 0.2) is 5.16 Å². The Bertz CT molecular complexity index is 1270. The fourth-order valence-corrected chi connectivity index (χ4v) is 5.89. The number of nitrogens with zero attached hydrogens (tertiary/aromatic N) is 4. The molecule has 0 radical (unpaired) electrons. The van der Waals surface area contributed by atoms with Crippen LogP contribution in [-0.4, -0.2) is 25.9 Å². The van der Waals surface area contributed by atoms with Crippen LogP contribution in [0.1, 0.15) is 50.8 Å². The van der Waals surface area contributed by atoms with E-state index in [9.17, 15) is 4.79 Å². The Hall–Kier alpha value is -3.09. The number of thioether (sulfide) groups is 1. The topological polar surface area (TPSA) is 51.0 Å². The van der Waals surface area contributed by atoms with Crippen LogP contribution in [0.3, 0.4) is 0 Å². The lowest BCUT2D eigenvalue weighted by Gasteiger charge is -2.26. The van der Waals surface area contributed by atoms with E-state index in [1.54, 1.807) is 4.90 Å². The maximum Gasteiger partial charge on any atom is 0.244 e. The highest BCUT2D eigenvalue weighted by molar-refractivity contribution is 8.00. The van der Waals surface area contributed by atoms with Crippen molar-refractivity contribution in [1.29, 1.82) is 0 Å². The minimum atomic E-state index is -0.397. The van der Waals surface area contributed by atoms with Crippen LogP contribution in [0, 0.1) is 0 Å². The number of carbonyl (C=O) groups is 1. The minimum Gasteiger partial charge on any atom is -0.280 e. The zero-order valence-corrected chi connectivity index (χ0v) is 21.8. The summed E-state index contributed by atoms with van der Waals surface area (Å²) in [5.41, 5.74) is 2.60. The first-order chi connectivity index (χ1) is 17.6. The molecule has 4 aromatic rings. The van der Waals surface area contributed by atoms with E-state index in [0.717, 1.165) is 35.7 Å². The van der Waals surface area contributed by atoms with Crippen LogP contribution < -0.4 is 4.90 Å². The Morgan fingerprint density at radius 1 is 0.917 bits per heavy atom. The van der Waals surface area contributed by atoms with Crippen LogP contribution in [0.5, 0.6) is 0 Å². The molecule has 1 unspecified atom stereocenters. The first-order valence-corrected chi connectivity index (χ1v) is 13.7. The Balaban J connectivity index is 1.49. The molecule has 0 N–H and O–H groups in total. The van der Waals surface area contributed by atoms with E-state index in [4.69, 9.17) is 11.6 Å². The highest BCUT2D eigenvalue weighted by atomic mass is 35.5. The first kappa shape index (κ1) is 24.6. The Morgan fingerprint density at radius 2 is 1.56 bits per heavy atom. The standard InChI is InChI=1S/C29H29ClN4OS/c1-21(28(35)33(24-15-7-3-8-16-24)25-17-9-4-10-18-25)36-29-32-31-27(22-12-5-2-6-13-22)34(29)26-19-11-14-23(30)20-26/h3-4,7-11,14-22H,2,5-6,12-13H2,1H3. The van der Waals surface area contributed by atoms with Gasteiger partial charge in [-0.3, -0.25) is 14.3 Å². The van der Waals surface area contributed by atoms with Gasteiger partial charge < -0.3 is 0 Å². The van der Waals surface area contributed by atoms with Crippen LogP contribution >= 0.6 is 23.4 Å². The Kier molecular flexibility index (Phi) is 7.73. The van der Waals surface area contributed by atoms with Gasteiger partial charge in [0, 0.05) is 22.3 Å². The van der Waals surface area contributed by atoms with Crippen LogP contribution in [0.2, 0.25) is 5.02 Å². The van der Waals surface area contributed by atoms with Crippen LogP contribution in [0.15, 0.2) is 90.1 Å². The molecule has 1 aliphatic rings. The molecule has 1 saturated carbocycles. The van der Waals surface area contributed by atoms with Crippen LogP contribution in [0.25, 0.3) is 5.69 Å². The van der Waals surface area contributed by atoms with Crippen molar-refractivity contribution in [3.8, 4) is 5.69 Å². The van der Waals surface area contributed by atoms with Gasteiger partial charge >= 0.3 is 0 Å². The zero-order valence-electron chi connectivity index (χ0n) is 20.3. The largest absolute Gasteiger partial charge is 0.280 e. The molecule has 1 fully saturated rings. The molecule has 1 aromatic heterocycles. The number of amides is 1. The number of hydrogen-bond acceptors (Lipinski definition) is 4. The average molecular weight is 517 g/mol. The van der Waals surface area contributed by atoms with Crippen molar-refractivity contribution >= 4 is 40.6 Å². The maximum absolute atomic E-state index is 13.9. The van der Waals surface area contributed by atoms with Gasteiger partial charge in [-0.1, -0.05) is 85.1 Å². The van der Waals surface area contributed by atoms with Gasteiger partial charge in [0.1, 0.15) is 5.82 Å². The molecular formula is C29H29ClN4OS. The lowest BCUT2D eigenvalue weighted by molar-refractivity contribution is -0.117. The molecule has 1 aliphatic carbocycles. The second-order valence-corrected chi connectivity index (χ2v) is 10.8. The van der Waals surface area contributed by atoms with E-state index in [0.29, 0.717) is 16.1 Å². The smallest absolute Gasteiger partial charge is 0.244 e. The van der Waals surface area contributed by atoms with Crippen LogP contribution in [-0.2, 0) is 4.79 Å². The highest BCUT2D eigenvalue weighted by Crippen LogP contribution is 2.37. The molecule has 0 saturated heterocycles. The summed E-state index contributed by atoms with van der Waals surface area (Å²) in [5, 5.41) is 10.2. The molecule has 0 bridgehead atoms. The fraction of sp³-hybridized carbons (Fsp3) is 0.276. The van der Waals surface area contributed by atoms with E-state index in [1.807, 2.05) is 91.9 Å². The van der Waals surface area contributed by atoms with Crippen molar-refractivity contribution in [3.05, 3.63) is 95.8 Å². The molecular weight excluding hydrogens is 488 g/mol. The monoisotopic (exact) mass is 516 g/mol.